The van der Waals surface area contributed by atoms with Crippen molar-refractivity contribution in [3.8, 4) is 34.4 Å². The standard InChI is InChI=1S/C45H26N4O2S2Si/c1-6-16-35-28(11-1)45(29-12-2-7-17-36(29)52-35)30-13-3-8-18-37(30)53-43-41(45)48-26-31(49-43)27-21-22-40-34(25-27)51-42-44(47-24-23-46-42)54(40)38-19-9-4-14-32(38)50-33-15-5-10-20-39(33)54/h1-26H. The van der Waals surface area contributed by atoms with Gasteiger partial charge >= 0.3 is 0 Å². The van der Waals surface area contributed by atoms with Crippen LogP contribution in [0.5, 0.6) is 23.1 Å². The average molecular weight is 747 g/mol. The van der Waals surface area contributed by atoms with Crippen molar-refractivity contribution >= 4 is 52.5 Å². The number of nitrogens with zero attached hydrogens (tertiary/aromatic N) is 4. The van der Waals surface area contributed by atoms with Crippen LogP contribution in [-0.4, -0.2) is 28.0 Å². The molecule has 8 aromatic rings. The fourth-order valence-corrected chi connectivity index (χ4v) is 16.2. The summed E-state index contributed by atoms with van der Waals surface area (Å²) in [7, 11) is -3.00. The second-order valence-electron chi connectivity index (χ2n) is 13.7. The molecule has 12 rings (SSSR count). The Labute approximate surface area is 320 Å². The van der Waals surface area contributed by atoms with E-state index in [4.69, 9.17) is 29.4 Å². The Morgan fingerprint density at radius 3 is 1.78 bits per heavy atom. The Balaban J connectivity index is 1.07. The number of hydrogen-bond acceptors (Lipinski definition) is 8. The summed E-state index contributed by atoms with van der Waals surface area (Å²) in [4.78, 5) is 24.3. The molecule has 0 saturated carbocycles. The molecule has 0 unspecified atom stereocenters. The van der Waals surface area contributed by atoms with Crippen LogP contribution >= 0.6 is 23.5 Å². The maximum absolute atomic E-state index is 6.69. The van der Waals surface area contributed by atoms with E-state index in [-0.39, 0.29) is 0 Å². The fourth-order valence-electron chi connectivity index (χ4n) is 8.98. The zero-order valence-electron chi connectivity index (χ0n) is 28.4. The summed E-state index contributed by atoms with van der Waals surface area (Å²) in [6.45, 7) is 0. The molecule has 54 heavy (non-hydrogen) atoms. The number of benzene rings is 6. The predicted octanol–water partition coefficient (Wildman–Crippen LogP) is 7.83. The highest BCUT2D eigenvalue weighted by Crippen LogP contribution is 2.60. The third kappa shape index (κ3) is 3.93. The van der Waals surface area contributed by atoms with Crippen LogP contribution < -0.4 is 30.4 Å². The van der Waals surface area contributed by atoms with Crippen molar-refractivity contribution in [3.05, 3.63) is 181 Å². The summed E-state index contributed by atoms with van der Waals surface area (Å²) < 4.78 is 13.2. The van der Waals surface area contributed by atoms with Crippen LogP contribution in [0.2, 0.25) is 0 Å². The van der Waals surface area contributed by atoms with Crippen molar-refractivity contribution < 1.29 is 9.47 Å². The zero-order chi connectivity index (χ0) is 35.4. The maximum Gasteiger partial charge on any atom is 0.237 e. The monoisotopic (exact) mass is 746 g/mol. The van der Waals surface area contributed by atoms with Crippen molar-refractivity contribution in [1.82, 2.24) is 19.9 Å². The van der Waals surface area contributed by atoms with Crippen LogP contribution in [0.25, 0.3) is 11.3 Å². The third-order valence-electron chi connectivity index (χ3n) is 11.1. The van der Waals surface area contributed by atoms with Gasteiger partial charge in [0.1, 0.15) is 27.6 Å². The van der Waals surface area contributed by atoms with E-state index in [1.807, 2.05) is 42.2 Å². The molecule has 0 bridgehead atoms. The quantitative estimate of drug-likeness (QED) is 0.158. The van der Waals surface area contributed by atoms with Gasteiger partial charge in [0, 0.05) is 32.6 Å². The second-order valence-corrected chi connectivity index (χ2v) is 19.4. The fraction of sp³-hybridized carbons (Fsp3) is 0.0222. The van der Waals surface area contributed by atoms with Crippen LogP contribution in [-0.2, 0) is 5.41 Å². The van der Waals surface area contributed by atoms with Gasteiger partial charge in [-0.15, -0.1) is 0 Å². The molecule has 6 nitrogen and oxygen atoms in total. The van der Waals surface area contributed by atoms with E-state index in [2.05, 4.69) is 115 Å². The van der Waals surface area contributed by atoms with Gasteiger partial charge in [-0.2, -0.15) is 0 Å². The Hall–Kier alpha value is -6.00. The number of fused-ring (bicyclic) bond motifs is 16. The third-order valence-corrected chi connectivity index (χ3v) is 18.0. The molecule has 0 saturated heterocycles. The van der Waals surface area contributed by atoms with Gasteiger partial charge in [0.2, 0.25) is 14.0 Å². The lowest BCUT2D eigenvalue weighted by atomic mass is 9.66. The first-order valence-electron chi connectivity index (χ1n) is 17.8. The first-order chi connectivity index (χ1) is 26.7. The topological polar surface area (TPSA) is 70.0 Å². The van der Waals surface area contributed by atoms with Gasteiger partial charge in [-0.05, 0) is 68.6 Å². The van der Waals surface area contributed by atoms with Gasteiger partial charge in [0.05, 0.1) is 23.0 Å². The lowest BCUT2D eigenvalue weighted by molar-refractivity contribution is 0.464. The molecule has 2 spiro atoms. The van der Waals surface area contributed by atoms with Crippen LogP contribution in [0.3, 0.4) is 0 Å². The van der Waals surface area contributed by atoms with Crippen LogP contribution in [0.4, 0.5) is 0 Å². The summed E-state index contributed by atoms with van der Waals surface area (Å²) in [5.74, 6) is 2.96. The maximum atomic E-state index is 6.69. The van der Waals surface area contributed by atoms with Gasteiger partial charge in [-0.25, -0.2) is 9.97 Å². The van der Waals surface area contributed by atoms with E-state index in [1.54, 1.807) is 24.2 Å². The van der Waals surface area contributed by atoms with E-state index >= 15 is 0 Å². The zero-order valence-corrected chi connectivity index (χ0v) is 31.1. The number of hydrogen-bond donors (Lipinski definition) is 0. The molecule has 4 aliphatic rings. The minimum Gasteiger partial charge on any atom is -0.458 e. The Kier molecular flexibility index (Phi) is 6.35. The highest BCUT2D eigenvalue weighted by atomic mass is 32.2. The highest BCUT2D eigenvalue weighted by Gasteiger charge is 2.55. The predicted molar refractivity (Wildman–Crippen MR) is 213 cm³/mol. The van der Waals surface area contributed by atoms with Gasteiger partial charge in [0.25, 0.3) is 0 Å². The molecule has 4 aliphatic heterocycles. The molecule has 254 valence electrons. The Morgan fingerprint density at radius 1 is 0.519 bits per heavy atom. The van der Waals surface area contributed by atoms with Crippen LogP contribution in [0.15, 0.2) is 178 Å². The summed E-state index contributed by atoms with van der Waals surface area (Å²) >= 11 is 3.52. The first kappa shape index (κ1) is 30.5. The molecule has 0 N–H and O–H groups in total. The minimum absolute atomic E-state index is 0.526. The minimum atomic E-state index is -3.00. The van der Waals surface area contributed by atoms with Crippen molar-refractivity contribution in [2.45, 2.75) is 25.1 Å². The highest BCUT2D eigenvalue weighted by molar-refractivity contribution is 7.99. The summed E-state index contributed by atoms with van der Waals surface area (Å²) in [5.41, 5.74) is 5.75. The lowest BCUT2D eigenvalue weighted by Gasteiger charge is -2.44. The number of rotatable bonds is 1. The molecular weight excluding hydrogens is 721 g/mol. The molecule has 2 aromatic heterocycles. The Morgan fingerprint density at radius 2 is 1.09 bits per heavy atom. The second kappa shape index (κ2) is 11.3. The first-order valence-corrected chi connectivity index (χ1v) is 21.4. The summed E-state index contributed by atoms with van der Waals surface area (Å²) in [6.07, 6.45) is 5.41. The van der Waals surface area contributed by atoms with Crippen molar-refractivity contribution in [1.29, 1.82) is 0 Å². The van der Waals surface area contributed by atoms with Crippen LogP contribution in [0.1, 0.15) is 22.4 Å². The van der Waals surface area contributed by atoms with Crippen molar-refractivity contribution in [2.75, 3.05) is 0 Å². The molecular formula is C45H26N4O2S2Si. The molecule has 0 radical (unpaired) electrons. The van der Waals surface area contributed by atoms with E-state index in [0.29, 0.717) is 5.88 Å². The van der Waals surface area contributed by atoms with Gasteiger partial charge in [-0.3, -0.25) is 9.97 Å². The Bertz CT molecular complexity index is 2580. The van der Waals surface area contributed by atoms with E-state index < -0.39 is 13.5 Å². The molecule has 0 aliphatic carbocycles. The smallest absolute Gasteiger partial charge is 0.237 e. The van der Waals surface area contributed by atoms with Gasteiger partial charge in [-0.1, -0.05) is 127 Å². The number of ether oxygens (including phenoxy) is 2. The lowest BCUT2D eigenvalue weighted by Crippen LogP contribution is -2.78. The normalized spacial score (nSPS) is 15.5. The largest absolute Gasteiger partial charge is 0.458 e. The molecule has 0 amide bonds. The van der Waals surface area contributed by atoms with Crippen molar-refractivity contribution in [2.24, 2.45) is 0 Å². The van der Waals surface area contributed by atoms with E-state index in [1.165, 1.54) is 31.4 Å². The average Bonchev–Trinajstić information content (AvgIpc) is 3.23. The SMILES string of the molecule is c1ccc2c(c1)Oc1ccccc1[Si]21c2ccc(-c3cnc4c(n3)Sc3ccccc3C43c4ccccc4Sc4ccccc43)cc2Oc2nccnc21. The van der Waals surface area contributed by atoms with Gasteiger partial charge < -0.3 is 9.47 Å². The molecule has 0 fully saturated rings. The molecule has 9 heteroatoms. The summed E-state index contributed by atoms with van der Waals surface area (Å²) in [5, 5.41) is 5.12. The number of para-hydroxylation sites is 2. The number of aromatic nitrogens is 4. The molecule has 6 heterocycles. The molecule has 0 atom stereocenters. The van der Waals surface area contributed by atoms with E-state index in [0.717, 1.165) is 60.1 Å². The van der Waals surface area contributed by atoms with Crippen LogP contribution in [0, 0.1) is 0 Å². The van der Waals surface area contributed by atoms with E-state index in [9.17, 15) is 0 Å². The van der Waals surface area contributed by atoms with Gasteiger partial charge in [0.15, 0.2) is 0 Å². The summed E-state index contributed by atoms with van der Waals surface area (Å²) in [6, 6.07) is 49.4. The molecule has 6 aromatic carbocycles. The van der Waals surface area contributed by atoms with Crippen molar-refractivity contribution in [3.63, 3.8) is 0 Å².